The van der Waals surface area contributed by atoms with Crippen LogP contribution in [-0.4, -0.2) is 34.2 Å². The lowest BCUT2D eigenvalue weighted by Gasteiger charge is -2.32. The first-order valence-electron chi connectivity index (χ1n) is 7.13. The predicted molar refractivity (Wildman–Crippen MR) is 78.2 cm³/mol. The normalized spacial score (nSPS) is 27.9. The molecule has 0 radical (unpaired) electrons. The second kappa shape index (κ2) is 7.39. The number of hydrogen-bond acceptors (Lipinski definition) is 3. The van der Waals surface area contributed by atoms with Gasteiger partial charge in [0.25, 0.3) is 0 Å². The molecule has 1 aliphatic rings. The van der Waals surface area contributed by atoms with Crippen LogP contribution in [0, 0.1) is 5.92 Å². The van der Waals surface area contributed by atoms with Gasteiger partial charge in [-0.1, -0.05) is 27.2 Å². The van der Waals surface area contributed by atoms with Crippen LogP contribution in [0.4, 0.5) is 0 Å². The zero-order valence-corrected chi connectivity index (χ0v) is 12.7. The Morgan fingerprint density at radius 1 is 1.56 bits per heavy atom. The molecule has 106 valence electrons. The summed E-state index contributed by atoms with van der Waals surface area (Å²) in [5.74, 6) is 0.728. The standard InChI is InChI=1S/C14H27NO2S/c1-4-9-15-14(13(16)17)8-5-6-12(14)7-10-18-11(2)3/h11-12,15H,4-10H2,1-3H3,(H,16,17). The third-order valence-electron chi connectivity index (χ3n) is 3.81. The largest absolute Gasteiger partial charge is 0.480 e. The first-order chi connectivity index (χ1) is 8.53. The minimum absolute atomic E-state index is 0.299. The number of aliphatic carboxylic acids is 1. The summed E-state index contributed by atoms with van der Waals surface area (Å²) in [6, 6.07) is 0. The van der Waals surface area contributed by atoms with Crippen LogP contribution in [0.15, 0.2) is 0 Å². The van der Waals surface area contributed by atoms with Gasteiger partial charge in [-0.05, 0) is 49.1 Å². The molecule has 0 aliphatic heterocycles. The summed E-state index contributed by atoms with van der Waals surface area (Å²) in [7, 11) is 0. The molecular weight excluding hydrogens is 246 g/mol. The zero-order chi connectivity index (χ0) is 13.6. The molecule has 18 heavy (non-hydrogen) atoms. The van der Waals surface area contributed by atoms with E-state index in [1.165, 1.54) is 0 Å². The van der Waals surface area contributed by atoms with Gasteiger partial charge in [0.2, 0.25) is 0 Å². The van der Waals surface area contributed by atoms with Gasteiger partial charge < -0.3 is 10.4 Å². The summed E-state index contributed by atoms with van der Waals surface area (Å²) in [5.41, 5.74) is -0.645. The molecule has 0 aromatic carbocycles. The fraction of sp³-hybridized carbons (Fsp3) is 0.929. The van der Waals surface area contributed by atoms with Crippen molar-refractivity contribution < 1.29 is 9.90 Å². The van der Waals surface area contributed by atoms with E-state index >= 15 is 0 Å². The maximum absolute atomic E-state index is 11.7. The second-order valence-corrected chi connectivity index (χ2v) is 7.19. The lowest BCUT2D eigenvalue weighted by atomic mass is 9.85. The van der Waals surface area contributed by atoms with Crippen molar-refractivity contribution in [2.24, 2.45) is 5.92 Å². The fourth-order valence-corrected chi connectivity index (χ4v) is 3.74. The Morgan fingerprint density at radius 2 is 2.28 bits per heavy atom. The van der Waals surface area contributed by atoms with Crippen LogP contribution in [0.25, 0.3) is 0 Å². The van der Waals surface area contributed by atoms with Gasteiger partial charge in [0.15, 0.2) is 0 Å². The Balaban J connectivity index is 2.59. The summed E-state index contributed by atoms with van der Waals surface area (Å²) in [6.45, 7) is 7.28. The van der Waals surface area contributed by atoms with E-state index in [-0.39, 0.29) is 0 Å². The Labute approximate surface area is 115 Å². The molecule has 0 saturated heterocycles. The number of hydrogen-bond donors (Lipinski definition) is 2. The highest BCUT2D eigenvalue weighted by atomic mass is 32.2. The summed E-state index contributed by atoms with van der Waals surface area (Å²) in [6.07, 6.45) is 4.90. The van der Waals surface area contributed by atoms with Crippen LogP contribution in [0.2, 0.25) is 0 Å². The number of carboxylic acid groups (broad SMARTS) is 1. The van der Waals surface area contributed by atoms with Crippen molar-refractivity contribution in [3.8, 4) is 0 Å². The Kier molecular flexibility index (Phi) is 6.50. The maximum atomic E-state index is 11.7. The van der Waals surface area contributed by atoms with Crippen LogP contribution in [0.3, 0.4) is 0 Å². The van der Waals surface area contributed by atoms with Gasteiger partial charge in [-0.15, -0.1) is 0 Å². The lowest BCUT2D eigenvalue weighted by molar-refractivity contribution is -0.146. The molecule has 1 saturated carbocycles. The Morgan fingerprint density at radius 3 is 2.83 bits per heavy atom. The molecule has 1 rings (SSSR count). The first-order valence-corrected chi connectivity index (χ1v) is 8.17. The number of nitrogens with one attached hydrogen (secondary N) is 1. The van der Waals surface area contributed by atoms with Gasteiger partial charge in [0.05, 0.1) is 0 Å². The minimum atomic E-state index is -0.645. The smallest absolute Gasteiger partial charge is 0.324 e. The monoisotopic (exact) mass is 273 g/mol. The van der Waals surface area contributed by atoms with Gasteiger partial charge in [0.1, 0.15) is 5.54 Å². The van der Waals surface area contributed by atoms with E-state index in [0.717, 1.165) is 44.4 Å². The molecular formula is C14H27NO2S. The molecule has 2 N–H and O–H groups in total. The third-order valence-corrected chi connectivity index (χ3v) is 4.95. The molecule has 0 bridgehead atoms. The minimum Gasteiger partial charge on any atom is -0.480 e. The average Bonchev–Trinajstić information content (AvgIpc) is 2.70. The fourth-order valence-electron chi connectivity index (χ4n) is 2.85. The molecule has 0 heterocycles. The summed E-state index contributed by atoms with van der Waals surface area (Å²) in [4.78, 5) is 11.7. The molecule has 0 aromatic rings. The van der Waals surface area contributed by atoms with E-state index in [2.05, 4.69) is 26.1 Å². The van der Waals surface area contributed by atoms with Crippen molar-refractivity contribution in [1.29, 1.82) is 0 Å². The second-order valence-electron chi connectivity index (χ2n) is 5.50. The van der Waals surface area contributed by atoms with Gasteiger partial charge in [-0.3, -0.25) is 4.79 Å². The molecule has 2 atom stereocenters. The van der Waals surface area contributed by atoms with E-state index in [1.807, 2.05) is 11.8 Å². The molecule has 3 nitrogen and oxygen atoms in total. The number of carboxylic acids is 1. The number of thioether (sulfide) groups is 1. The van der Waals surface area contributed by atoms with Gasteiger partial charge >= 0.3 is 5.97 Å². The lowest BCUT2D eigenvalue weighted by Crippen LogP contribution is -2.55. The van der Waals surface area contributed by atoms with Crippen molar-refractivity contribution in [2.45, 2.75) is 63.7 Å². The quantitative estimate of drug-likeness (QED) is 0.713. The maximum Gasteiger partial charge on any atom is 0.324 e. The zero-order valence-electron chi connectivity index (χ0n) is 11.9. The highest BCUT2D eigenvalue weighted by Gasteiger charge is 2.48. The van der Waals surface area contributed by atoms with E-state index in [9.17, 15) is 9.90 Å². The van der Waals surface area contributed by atoms with Crippen molar-refractivity contribution >= 4 is 17.7 Å². The number of carbonyl (C=O) groups is 1. The summed E-state index contributed by atoms with van der Waals surface area (Å²) >= 11 is 1.93. The van der Waals surface area contributed by atoms with Crippen LogP contribution in [-0.2, 0) is 4.79 Å². The van der Waals surface area contributed by atoms with Gasteiger partial charge in [0, 0.05) is 0 Å². The number of rotatable bonds is 8. The Hall–Kier alpha value is -0.220. The average molecular weight is 273 g/mol. The molecule has 0 amide bonds. The Bertz CT molecular complexity index is 271. The van der Waals surface area contributed by atoms with Crippen LogP contribution in [0.1, 0.15) is 52.9 Å². The van der Waals surface area contributed by atoms with E-state index < -0.39 is 11.5 Å². The molecule has 2 unspecified atom stereocenters. The summed E-state index contributed by atoms with van der Waals surface area (Å²) < 4.78 is 0. The van der Waals surface area contributed by atoms with Gasteiger partial charge in [-0.25, -0.2) is 0 Å². The van der Waals surface area contributed by atoms with Gasteiger partial charge in [-0.2, -0.15) is 11.8 Å². The van der Waals surface area contributed by atoms with Crippen LogP contribution >= 0.6 is 11.8 Å². The molecule has 1 aliphatic carbocycles. The molecule has 0 aromatic heterocycles. The molecule has 1 fully saturated rings. The topological polar surface area (TPSA) is 49.3 Å². The first kappa shape index (κ1) is 15.8. The van der Waals surface area contributed by atoms with Crippen molar-refractivity contribution in [3.05, 3.63) is 0 Å². The third kappa shape index (κ3) is 3.89. The predicted octanol–water partition coefficient (Wildman–Crippen LogP) is 3.14. The van der Waals surface area contributed by atoms with Crippen LogP contribution in [0.5, 0.6) is 0 Å². The highest BCUT2D eigenvalue weighted by Crippen LogP contribution is 2.39. The molecule has 0 spiro atoms. The van der Waals surface area contributed by atoms with Crippen molar-refractivity contribution in [2.75, 3.05) is 12.3 Å². The molecule has 4 heteroatoms. The van der Waals surface area contributed by atoms with E-state index in [4.69, 9.17) is 0 Å². The van der Waals surface area contributed by atoms with Crippen molar-refractivity contribution in [3.63, 3.8) is 0 Å². The van der Waals surface area contributed by atoms with E-state index in [0.29, 0.717) is 11.2 Å². The summed E-state index contributed by atoms with van der Waals surface area (Å²) in [5, 5.41) is 13.6. The SMILES string of the molecule is CCCNC1(C(=O)O)CCCC1CCSC(C)C. The van der Waals surface area contributed by atoms with Crippen LogP contribution < -0.4 is 5.32 Å². The highest BCUT2D eigenvalue weighted by molar-refractivity contribution is 7.99. The van der Waals surface area contributed by atoms with Crippen molar-refractivity contribution in [1.82, 2.24) is 5.32 Å². The van der Waals surface area contributed by atoms with E-state index in [1.54, 1.807) is 0 Å².